The molecule has 5 heterocycles. The van der Waals surface area contributed by atoms with Crippen molar-refractivity contribution in [2.45, 2.75) is 18.9 Å². The average molecular weight is 333 g/mol. The van der Waals surface area contributed by atoms with Gasteiger partial charge < -0.3 is 20.0 Å². The molecule has 4 aromatic rings. The van der Waals surface area contributed by atoms with E-state index in [4.69, 9.17) is 9.40 Å². The van der Waals surface area contributed by atoms with Crippen LogP contribution in [0.4, 0.5) is 5.82 Å². The van der Waals surface area contributed by atoms with Crippen LogP contribution in [-0.4, -0.2) is 34.1 Å². The highest BCUT2D eigenvalue weighted by molar-refractivity contribution is 6.01. The van der Waals surface area contributed by atoms with Gasteiger partial charge in [-0.2, -0.15) is 0 Å². The van der Waals surface area contributed by atoms with E-state index in [9.17, 15) is 0 Å². The van der Waals surface area contributed by atoms with Gasteiger partial charge in [0, 0.05) is 34.8 Å². The van der Waals surface area contributed by atoms with Gasteiger partial charge >= 0.3 is 0 Å². The van der Waals surface area contributed by atoms with Crippen molar-refractivity contribution in [1.82, 2.24) is 20.3 Å². The smallest absolute Gasteiger partial charge is 0.140 e. The van der Waals surface area contributed by atoms with Crippen molar-refractivity contribution >= 4 is 27.8 Å². The number of anilines is 1. The number of aromatic nitrogens is 3. The molecule has 0 aliphatic carbocycles. The van der Waals surface area contributed by atoms with E-state index in [2.05, 4.69) is 26.7 Å². The molecule has 1 aliphatic rings. The van der Waals surface area contributed by atoms with Crippen LogP contribution in [0.25, 0.3) is 33.3 Å². The van der Waals surface area contributed by atoms with Crippen molar-refractivity contribution in [2.24, 2.45) is 0 Å². The zero-order chi connectivity index (χ0) is 16.6. The SMILES string of the molecule is c1cc2occc2c(-c2cc(NC3CCNCC3)nc3[nH]ccc23)n1. The van der Waals surface area contributed by atoms with Gasteiger partial charge in [-0.25, -0.2) is 4.98 Å². The third kappa shape index (κ3) is 2.55. The van der Waals surface area contributed by atoms with Crippen LogP contribution >= 0.6 is 0 Å². The number of rotatable bonds is 3. The molecular weight excluding hydrogens is 314 g/mol. The summed E-state index contributed by atoms with van der Waals surface area (Å²) < 4.78 is 5.54. The molecule has 0 radical (unpaired) electrons. The summed E-state index contributed by atoms with van der Waals surface area (Å²) in [6.45, 7) is 2.09. The Hall–Kier alpha value is -2.86. The summed E-state index contributed by atoms with van der Waals surface area (Å²) >= 11 is 0. The molecule has 0 unspecified atom stereocenters. The minimum absolute atomic E-state index is 0.451. The second-order valence-electron chi connectivity index (χ2n) is 6.46. The molecule has 0 atom stereocenters. The number of aromatic amines is 1. The van der Waals surface area contributed by atoms with Crippen LogP contribution in [0.15, 0.2) is 47.3 Å². The molecule has 6 heteroatoms. The molecule has 0 spiro atoms. The standard InChI is InChI=1S/C19H19N5O/c1-6-20-7-2-12(1)23-17-11-15(13-3-8-22-19(13)24-17)18-14-5-10-25-16(14)4-9-21-18/h3-5,8-12,20H,1-2,6-7H2,(H2,22,23,24). The van der Waals surface area contributed by atoms with E-state index in [0.29, 0.717) is 6.04 Å². The Bertz CT molecular complexity index is 1030. The minimum atomic E-state index is 0.451. The fraction of sp³-hybridized carbons (Fsp3) is 0.263. The monoisotopic (exact) mass is 333 g/mol. The minimum Gasteiger partial charge on any atom is -0.464 e. The third-order valence-electron chi connectivity index (χ3n) is 4.85. The van der Waals surface area contributed by atoms with Crippen LogP contribution in [0.2, 0.25) is 0 Å². The van der Waals surface area contributed by atoms with E-state index in [-0.39, 0.29) is 0 Å². The van der Waals surface area contributed by atoms with Crippen molar-refractivity contribution in [3.8, 4) is 11.3 Å². The summed E-state index contributed by atoms with van der Waals surface area (Å²) in [5.41, 5.74) is 3.70. The molecule has 0 amide bonds. The van der Waals surface area contributed by atoms with E-state index in [1.807, 2.05) is 24.4 Å². The summed E-state index contributed by atoms with van der Waals surface area (Å²) in [7, 11) is 0. The zero-order valence-electron chi connectivity index (χ0n) is 13.7. The first-order valence-corrected chi connectivity index (χ1v) is 8.66. The van der Waals surface area contributed by atoms with Crippen LogP contribution in [-0.2, 0) is 0 Å². The molecule has 126 valence electrons. The van der Waals surface area contributed by atoms with Gasteiger partial charge in [0.05, 0.1) is 12.0 Å². The number of furan rings is 1. The Balaban J connectivity index is 1.64. The Morgan fingerprint density at radius 3 is 2.96 bits per heavy atom. The lowest BCUT2D eigenvalue weighted by atomic mass is 10.0. The quantitative estimate of drug-likeness (QED) is 0.534. The Morgan fingerprint density at radius 1 is 1.12 bits per heavy atom. The average Bonchev–Trinajstić information content (AvgIpc) is 3.30. The second kappa shape index (κ2) is 5.89. The lowest BCUT2D eigenvalue weighted by Gasteiger charge is -2.24. The van der Waals surface area contributed by atoms with E-state index < -0.39 is 0 Å². The lowest BCUT2D eigenvalue weighted by molar-refractivity contribution is 0.478. The van der Waals surface area contributed by atoms with Gasteiger partial charge in [-0.3, -0.25) is 4.98 Å². The van der Waals surface area contributed by atoms with Gasteiger partial charge in [-0.15, -0.1) is 0 Å². The number of hydrogen-bond acceptors (Lipinski definition) is 5. The van der Waals surface area contributed by atoms with Crippen LogP contribution in [0.1, 0.15) is 12.8 Å². The summed E-state index contributed by atoms with van der Waals surface area (Å²) in [6.07, 6.45) is 7.63. The fourth-order valence-corrected chi connectivity index (χ4v) is 3.59. The van der Waals surface area contributed by atoms with Crippen LogP contribution in [0.5, 0.6) is 0 Å². The first-order chi connectivity index (χ1) is 12.4. The number of H-pyrrole nitrogens is 1. The van der Waals surface area contributed by atoms with E-state index in [1.165, 1.54) is 0 Å². The van der Waals surface area contributed by atoms with Gasteiger partial charge in [-0.1, -0.05) is 0 Å². The Labute approximate surface area is 144 Å². The number of hydrogen-bond donors (Lipinski definition) is 3. The molecule has 3 N–H and O–H groups in total. The second-order valence-corrected chi connectivity index (χ2v) is 6.46. The number of fused-ring (bicyclic) bond motifs is 2. The molecule has 4 aromatic heterocycles. The highest BCUT2D eigenvalue weighted by Crippen LogP contribution is 2.33. The van der Waals surface area contributed by atoms with Gasteiger partial charge in [0.15, 0.2) is 0 Å². The predicted molar refractivity (Wildman–Crippen MR) is 98.6 cm³/mol. The number of nitrogens with zero attached hydrogens (tertiary/aromatic N) is 2. The number of pyridine rings is 2. The number of nitrogens with one attached hydrogen (secondary N) is 3. The van der Waals surface area contributed by atoms with Gasteiger partial charge in [0.25, 0.3) is 0 Å². The van der Waals surface area contributed by atoms with Crippen LogP contribution in [0, 0.1) is 0 Å². The highest BCUT2D eigenvalue weighted by atomic mass is 16.3. The van der Waals surface area contributed by atoms with E-state index in [1.54, 1.807) is 12.5 Å². The molecule has 6 nitrogen and oxygen atoms in total. The lowest BCUT2D eigenvalue weighted by Crippen LogP contribution is -2.35. The van der Waals surface area contributed by atoms with E-state index in [0.717, 1.165) is 65.0 Å². The molecule has 1 fully saturated rings. The summed E-state index contributed by atoms with van der Waals surface area (Å²) in [5, 5.41) is 9.07. The first kappa shape index (κ1) is 14.5. The molecule has 5 rings (SSSR count). The Kier molecular flexibility index (Phi) is 3.41. The third-order valence-corrected chi connectivity index (χ3v) is 4.85. The zero-order valence-corrected chi connectivity index (χ0v) is 13.7. The molecule has 0 aromatic carbocycles. The maximum atomic E-state index is 5.54. The van der Waals surface area contributed by atoms with Crippen molar-refractivity contribution < 1.29 is 4.42 Å². The van der Waals surface area contributed by atoms with Crippen molar-refractivity contribution in [3.05, 3.63) is 42.9 Å². The van der Waals surface area contributed by atoms with Crippen molar-refractivity contribution in [1.29, 1.82) is 0 Å². The summed E-state index contributed by atoms with van der Waals surface area (Å²) in [6, 6.07) is 8.46. The normalized spacial score (nSPS) is 15.8. The molecule has 0 saturated carbocycles. The van der Waals surface area contributed by atoms with E-state index >= 15 is 0 Å². The largest absolute Gasteiger partial charge is 0.464 e. The summed E-state index contributed by atoms with van der Waals surface area (Å²) in [5.74, 6) is 0.888. The molecule has 0 bridgehead atoms. The maximum absolute atomic E-state index is 5.54. The molecule has 25 heavy (non-hydrogen) atoms. The van der Waals surface area contributed by atoms with Crippen LogP contribution in [0.3, 0.4) is 0 Å². The maximum Gasteiger partial charge on any atom is 0.140 e. The Morgan fingerprint density at radius 2 is 2.04 bits per heavy atom. The molecule has 1 saturated heterocycles. The van der Waals surface area contributed by atoms with Crippen molar-refractivity contribution in [3.63, 3.8) is 0 Å². The first-order valence-electron chi connectivity index (χ1n) is 8.66. The molecular formula is C19H19N5O. The van der Waals surface area contributed by atoms with Gasteiger partial charge in [-0.05, 0) is 50.2 Å². The predicted octanol–water partition coefficient (Wildman–Crippen LogP) is 3.54. The van der Waals surface area contributed by atoms with Gasteiger partial charge in [0.2, 0.25) is 0 Å². The topological polar surface area (TPSA) is 78.8 Å². The highest BCUT2D eigenvalue weighted by Gasteiger charge is 2.17. The molecule has 1 aliphatic heterocycles. The van der Waals surface area contributed by atoms with Crippen LogP contribution < -0.4 is 10.6 Å². The summed E-state index contributed by atoms with van der Waals surface area (Å²) in [4.78, 5) is 12.6. The van der Waals surface area contributed by atoms with Gasteiger partial charge in [0.1, 0.15) is 17.0 Å². The fourth-order valence-electron chi connectivity index (χ4n) is 3.59. The number of piperidine rings is 1. The van der Waals surface area contributed by atoms with Crippen molar-refractivity contribution in [2.75, 3.05) is 18.4 Å².